The molecule has 1 aromatic heterocycles. The van der Waals surface area contributed by atoms with Crippen molar-refractivity contribution in [3.05, 3.63) is 71.5 Å². The first-order valence-electron chi connectivity index (χ1n) is 10.1. The molecule has 30 heavy (non-hydrogen) atoms. The van der Waals surface area contributed by atoms with E-state index in [-0.39, 0.29) is 5.91 Å². The fourth-order valence-corrected chi connectivity index (χ4v) is 4.18. The molecule has 7 heteroatoms. The van der Waals surface area contributed by atoms with Crippen LogP contribution in [-0.4, -0.2) is 45.5 Å². The topological polar surface area (TPSA) is 60.2 Å². The Kier molecular flexibility index (Phi) is 6.38. The van der Waals surface area contributed by atoms with E-state index in [2.05, 4.69) is 26.9 Å². The normalized spacial score (nSPS) is 13.3. The number of carbonyl (C=O) groups is 1. The number of aromatic nitrogens is 3. The summed E-state index contributed by atoms with van der Waals surface area (Å²) in [5.74, 6) is 2.76. The lowest BCUT2D eigenvalue weighted by Crippen LogP contribution is -2.27. The van der Waals surface area contributed by atoms with Gasteiger partial charge in [0.2, 0.25) is 5.91 Å². The van der Waals surface area contributed by atoms with Crippen LogP contribution in [0.5, 0.6) is 5.75 Å². The van der Waals surface area contributed by atoms with Gasteiger partial charge < -0.3 is 14.2 Å². The number of thioether (sulfide) groups is 1. The summed E-state index contributed by atoms with van der Waals surface area (Å²) in [5, 5.41) is 9.65. The number of rotatable bonds is 9. The molecule has 0 radical (unpaired) electrons. The smallest absolute Gasteiger partial charge is 0.233 e. The van der Waals surface area contributed by atoms with Crippen LogP contribution in [0.2, 0.25) is 0 Å². The van der Waals surface area contributed by atoms with Gasteiger partial charge in [0.15, 0.2) is 5.16 Å². The van der Waals surface area contributed by atoms with E-state index >= 15 is 0 Å². The Morgan fingerprint density at radius 2 is 1.83 bits per heavy atom. The molecular weight excluding hydrogens is 396 g/mol. The van der Waals surface area contributed by atoms with Crippen LogP contribution in [0.25, 0.3) is 0 Å². The monoisotopic (exact) mass is 422 g/mol. The number of benzene rings is 2. The van der Waals surface area contributed by atoms with Crippen molar-refractivity contribution in [2.24, 2.45) is 0 Å². The summed E-state index contributed by atoms with van der Waals surface area (Å²) in [6.45, 7) is 1.30. The summed E-state index contributed by atoms with van der Waals surface area (Å²) in [6.07, 6.45) is 2.34. The Labute approximate surface area is 181 Å². The second kappa shape index (κ2) is 9.34. The van der Waals surface area contributed by atoms with Gasteiger partial charge in [-0.15, -0.1) is 10.2 Å². The second-order valence-electron chi connectivity index (χ2n) is 7.57. The number of ether oxygens (including phenoxy) is 1. The Morgan fingerprint density at radius 3 is 2.50 bits per heavy atom. The van der Waals surface area contributed by atoms with Gasteiger partial charge in [0.05, 0.1) is 19.4 Å². The molecule has 156 valence electrons. The molecule has 0 spiro atoms. The summed E-state index contributed by atoms with van der Waals surface area (Å²) in [6, 6.07) is 18.1. The molecule has 1 amide bonds. The number of nitrogens with zero attached hydrogens (tertiary/aromatic N) is 4. The molecule has 0 atom stereocenters. The van der Waals surface area contributed by atoms with Crippen molar-refractivity contribution in [3.8, 4) is 5.75 Å². The Hall–Kier alpha value is -2.80. The van der Waals surface area contributed by atoms with Crippen molar-refractivity contribution < 1.29 is 9.53 Å². The minimum atomic E-state index is 0.0676. The first-order valence-corrected chi connectivity index (χ1v) is 11.1. The maximum absolute atomic E-state index is 12.7. The molecule has 6 nitrogen and oxygen atoms in total. The summed E-state index contributed by atoms with van der Waals surface area (Å²) in [4.78, 5) is 14.4. The Bertz CT molecular complexity index is 984. The first-order chi connectivity index (χ1) is 14.6. The van der Waals surface area contributed by atoms with E-state index in [4.69, 9.17) is 4.74 Å². The Balaban J connectivity index is 1.39. The predicted octanol–water partition coefficient (Wildman–Crippen LogP) is 3.96. The van der Waals surface area contributed by atoms with Crippen LogP contribution in [-0.2, 0) is 17.9 Å². The number of hydrogen-bond donors (Lipinski definition) is 0. The van der Waals surface area contributed by atoms with Crippen LogP contribution in [0.3, 0.4) is 0 Å². The molecule has 0 saturated heterocycles. The minimum absolute atomic E-state index is 0.0676. The van der Waals surface area contributed by atoms with Crippen LogP contribution in [0.1, 0.15) is 35.7 Å². The molecule has 0 aliphatic heterocycles. The summed E-state index contributed by atoms with van der Waals surface area (Å²) >= 11 is 1.46. The molecule has 4 rings (SSSR count). The highest BCUT2D eigenvalue weighted by molar-refractivity contribution is 7.99. The molecule has 1 fully saturated rings. The molecule has 0 bridgehead atoms. The number of carbonyl (C=O) groups excluding carboxylic acids is 1. The predicted molar refractivity (Wildman–Crippen MR) is 118 cm³/mol. The van der Waals surface area contributed by atoms with Gasteiger partial charge in [-0.05, 0) is 36.1 Å². The second-order valence-corrected chi connectivity index (χ2v) is 8.52. The number of amides is 1. The highest BCUT2D eigenvalue weighted by Gasteiger charge is 2.30. The fraction of sp³-hybridized carbons (Fsp3) is 0.348. The third kappa shape index (κ3) is 5.02. The van der Waals surface area contributed by atoms with E-state index in [0.29, 0.717) is 18.2 Å². The average Bonchev–Trinajstić information content (AvgIpc) is 3.55. The zero-order chi connectivity index (χ0) is 20.9. The standard InChI is InChI=1S/C23H26N4O2S/c1-26(14-18-8-12-20(29-2)13-9-18)21(28)16-30-23-25-24-22(19-10-11-19)27(23)15-17-6-4-3-5-7-17/h3-9,12-13,19H,10-11,14-16H2,1-2H3. The molecule has 2 aromatic carbocycles. The zero-order valence-electron chi connectivity index (χ0n) is 17.3. The van der Waals surface area contributed by atoms with Crippen molar-refractivity contribution in [2.75, 3.05) is 19.9 Å². The molecule has 3 aromatic rings. The van der Waals surface area contributed by atoms with Crippen molar-refractivity contribution in [1.29, 1.82) is 0 Å². The highest BCUT2D eigenvalue weighted by atomic mass is 32.2. The van der Waals surface area contributed by atoms with Crippen LogP contribution in [0.4, 0.5) is 0 Å². The van der Waals surface area contributed by atoms with Crippen LogP contribution in [0.15, 0.2) is 59.8 Å². The third-order valence-electron chi connectivity index (χ3n) is 5.20. The van der Waals surface area contributed by atoms with Crippen molar-refractivity contribution >= 4 is 17.7 Å². The lowest BCUT2D eigenvalue weighted by Gasteiger charge is -2.17. The van der Waals surface area contributed by atoms with Gasteiger partial charge in [-0.1, -0.05) is 54.2 Å². The van der Waals surface area contributed by atoms with Crippen LogP contribution in [0, 0.1) is 0 Å². The minimum Gasteiger partial charge on any atom is -0.497 e. The molecule has 0 unspecified atom stereocenters. The van der Waals surface area contributed by atoms with Gasteiger partial charge >= 0.3 is 0 Å². The number of hydrogen-bond acceptors (Lipinski definition) is 5. The lowest BCUT2D eigenvalue weighted by molar-refractivity contribution is -0.127. The molecule has 1 saturated carbocycles. The van der Waals surface area contributed by atoms with E-state index in [0.717, 1.165) is 28.8 Å². The van der Waals surface area contributed by atoms with Gasteiger partial charge in [0.1, 0.15) is 11.6 Å². The van der Waals surface area contributed by atoms with Gasteiger partial charge in [0.25, 0.3) is 0 Å². The lowest BCUT2D eigenvalue weighted by atomic mass is 10.2. The van der Waals surface area contributed by atoms with Crippen molar-refractivity contribution in [1.82, 2.24) is 19.7 Å². The van der Waals surface area contributed by atoms with E-state index in [1.807, 2.05) is 49.5 Å². The zero-order valence-corrected chi connectivity index (χ0v) is 18.1. The molecule has 1 aliphatic carbocycles. The van der Waals surface area contributed by atoms with E-state index < -0.39 is 0 Å². The maximum atomic E-state index is 12.7. The Morgan fingerprint density at radius 1 is 1.10 bits per heavy atom. The third-order valence-corrected chi connectivity index (χ3v) is 6.15. The van der Waals surface area contributed by atoms with Crippen LogP contribution >= 0.6 is 11.8 Å². The van der Waals surface area contributed by atoms with E-state index in [9.17, 15) is 4.79 Å². The number of methoxy groups -OCH3 is 1. The highest BCUT2D eigenvalue weighted by Crippen LogP contribution is 2.40. The average molecular weight is 423 g/mol. The van der Waals surface area contributed by atoms with E-state index in [1.165, 1.54) is 30.2 Å². The SMILES string of the molecule is COc1ccc(CN(C)C(=O)CSc2nnc(C3CC3)n2Cc2ccccc2)cc1. The van der Waals surface area contributed by atoms with Gasteiger partial charge in [-0.25, -0.2) is 0 Å². The van der Waals surface area contributed by atoms with Gasteiger partial charge in [-0.3, -0.25) is 4.79 Å². The van der Waals surface area contributed by atoms with Crippen molar-refractivity contribution in [3.63, 3.8) is 0 Å². The summed E-state index contributed by atoms with van der Waals surface area (Å²) < 4.78 is 7.36. The summed E-state index contributed by atoms with van der Waals surface area (Å²) in [7, 11) is 3.48. The van der Waals surface area contributed by atoms with Gasteiger partial charge in [0, 0.05) is 19.5 Å². The van der Waals surface area contributed by atoms with Crippen molar-refractivity contribution in [2.45, 2.75) is 37.0 Å². The molecule has 1 heterocycles. The summed E-state index contributed by atoms with van der Waals surface area (Å²) in [5.41, 5.74) is 2.28. The molecule has 1 aliphatic rings. The quantitative estimate of drug-likeness (QED) is 0.489. The fourth-order valence-electron chi connectivity index (χ4n) is 3.29. The van der Waals surface area contributed by atoms with E-state index in [1.54, 1.807) is 12.0 Å². The maximum Gasteiger partial charge on any atom is 0.233 e. The molecular formula is C23H26N4O2S. The molecule has 0 N–H and O–H groups in total. The van der Waals surface area contributed by atoms with Gasteiger partial charge in [-0.2, -0.15) is 0 Å². The largest absolute Gasteiger partial charge is 0.497 e. The van der Waals surface area contributed by atoms with Crippen LogP contribution < -0.4 is 4.74 Å². The first kappa shape index (κ1) is 20.5.